The number of nitrogens with one attached hydrogen (secondary N) is 1. The van der Waals surface area contributed by atoms with Crippen LogP contribution in [-0.4, -0.2) is 90.8 Å². The van der Waals surface area contributed by atoms with E-state index in [9.17, 15) is 28.8 Å². The summed E-state index contributed by atoms with van der Waals surface area (Å²) < 4.78 is 41.4. The Balaban J connectivity index is 0.000000224. The summed E-state index contributed by atoms with van der Waals surface area (Å²) in [5, 5.41) is 3.53. The second-order valence-corrected chi connectivity index (χ2v) is 40.2. The Bertz CT molecular complexity index is 6120. The van der Waals surface area contributed by atoms with E-state index in [0.29, 0.717) is 25.2 Å². The predicted molar refractivity (Wildman–Crippen MR) is 571 cm³/mol. The number of nitrogen functional groups attached to an aromatic ring is 2. The number of halogens is 2. The summed E-state index contributed by atoms with van der Waals surface area (Å²) in [4.78, 5) is 73.0. The number of nitrogens with zero attached hydrogens (tertiary/aromatic N) is 2. The Labute approximate surface area is 857 Å². The van der Waals surface area contributed by atoms with Gasteiger partial charge in [0.25, 0.3) is 0 Å². The molecule has 16 rings (SSSR count). The number of aromatic nitrogens is 1. The van der Waals surface area contributed by atoms with Gasteiger partial charge in [-0.05, 0) is 405 Å². The zero-order valence-electron chi connectivity index (χ0n) is 83.5. The Morgan fingerprint density at radius 3 is 1.40 bits per heavy atom. The molecule has 1 aromatic heterocycles. The number of ether oxygens (including phenoxy) is 7. The number of hydrogen-bond donors (Lipinski definition) is 3. The second kappa shape index (κ2) is 50.2. The predicted octanol–water partition coefficient (Wildman–Crippen LogP) is 24.9. The van der Waals surface area contributed by atoms with E-state index in [1.807, 2.05) is 134 Å². The SMILES string of the molecule is CC(C)(C)OC(=O)Cc1ccc2c(c1)CC=C2.CC(C)(C)OC(=O)N(C(=O)OC(C)(C)C)c1ccc2c(I)cn(C(=O)OC(C)(C)C)c2c1.CC(C)(C)OC(=O)Nc1ccc2c(c1)CC=C2I.CCOc1ccc(C2=CCc3cc(CCc4ccc(CC)cc4)ccc32)cc1.CCOc1ccc(C2=CCc3cc(N)ccc32)cc1.CCc1ccc(C=O)cc1.Nc1ccc2c(c1)CC=C2.[B].[H-].[Na+]. The molecule has 1 heterocycles. The third kappa shape index (κ3) is 33.9. The first-order valence-corrected chi connectivity index (χ1v) is 47.9. The first-order chi connectivity index (χ1) is 63.4. The first-order valence-electron chi connectivity index (χ1n) is 45.8. The van der Waals surface area contributed by atoms with Crippen LogP contribution in [0, 0.1) is 3.57 Å². The fraction of sp³-hybridized carbons (Fsp3) is 0.316. The maximum atomic E-state index is 12.9. The van der Waals surface area contributed by atoms with Crippen molar-refractivity contribution >= 4 is 151 Å². The molecule has 0 unspecified atom stereocenters. The topological polar surface area (TPSA) is 239 Å². The minimum atomic E-state index is -0.879. The van der Waals surface area contributed by atoms with Gasteiger partial charge in [0.15, 0.2) is 0 Å². The maximum absolute atomic E-state index is 12.9. The van der Waals surface area contributed by atoms with E-state index in [1.54, 1.807) is 86.7 Å². The minimum Gasteiger partial charge on any atom is -1.00 e. The van der Waals surface area contributed by atoms with Crippen LogP contribution in [0.2, 0.25) is 0 Å². The van der Waals surface area contributed by atoms with Gasteiger partial charge in [-0.1, -0.05) is 184 Å². The number of hydrogen-bond acceptors (Lipinski definition) is 15. The van der Waals surface area contributed by atoms with Crippen molar-refractivity contribution in [3.63, 3.8) is 0 Å². The van der Waals surface area contributed by atoms with Crippen LogP contribution < -0.4 is 60.7 Å². The molecule has 0 saturated carbocycles. The van der Waals surface area contributed by atoms with Crippen molar-refractivity contribution in [2.45, 2.75) is 224 Å². The number of allylic oxidation sites excluding steroid dienone is 5. The number of aldehydes is 1. The van der Waals surface area contributed by atoms with Crippen molar-refractivity contribution in [2.75, 3.05) is 34.9 Å². The van der Waals surface area contributed by atoms with Crippen LogP contribution in [0.3, 0.4) is 0 Å². The molecule has 22 heteroatoms. The summed E-state index contributed by atoms with van der Waals surface area (Å²) in [6.07, 6.45) is 24.7. The van der Waals surface area contributed by atoms with Crippen LogP contribution in [0.1, 0.15) is 238 Å². The molecule has 0 saturated heterocycles. The van der Waals surface area contributed by atoms with E-state index in [2.05, 4.69) is 216 Å². The molecular weight excluding hydrogens is 1930 g/mol. The van der Waals surface area contributed by atoms with Crippen LogP contribution in [0.15, 0.2) is 243 Å². The standard InChI is InChI=1S/C27H28O.C23H31IN2O6.C17H17NO.C15H18O2.C14H16INO2.C9H9N.C9H10O.B.Na.H/c1-3-20-5-7-21(8-6-20)9-10-22-11-17-27-24(19-22)14-18-26(27)23-12-15-25(16-13-23)28-4-2;1-21(2,3)30-18(27)25-13-16(24)15-11-10-14(12-17(15)25)26(19(28)31-22(4,5)6)20(29)32-23(7,8)9;1-2-19-15-7-3-12(4-8-15)16-9-5-13-11-14(18)6-10-17(13)16;1-15(2,3)17-14(16)10-11-7-8-12-5-4-6-13(12)9-11;1-14(2,3)18-13(17)16-10-5-6-11-9(8-10)4-7-12(11)15;10-9-5-4-7-2-1-3-8(7)6-9;1-2-8-3-5-9(7-10)6-4-8;;;/h5-8,11-13,15-19H,3-4,9-10,14H2,1-2H3;10-13H,1-9H3;3-4,6-11H,2,5,18H2,1H3;4-5,7-9H,6,10H2,1-3H3;5-8H,4H2,1-3H3,(H,16,17);1-2,4-6H,3,10H2;3-7H,2H2,1H3;;;/q;;;;;;;;+1;-1. The molecule has 0 fully saturated rings. The molecule has 10 aromatic carbocycles. The molecule has 0 aliphatic heterocycles. The van der Waals surface area contributed by atoms with Gasteiger partial charge >= 0.3 is 59.9 Å². The largest absolute Gasteiger partial charge is 1.00 e. The van der Waals surface area contributed by atoms with Crippen molar-refractivity contribution in [3.05, 3.63) is 347 Å². The van der Waals surface area contributed by atoms with E-state index in [4.69, 9.17) is 44.6 Å². The number of esters is 1. The number of imide groups is 1. The molecule has 136 heavy (non-hydrogen) atoms. The molecule has 18 nitrogen and oxygen atoms in total. The Kier molecular flexibility index (Phi) is 40.6. The van der Waals surface area contributed by atoms with Gasteiger partial charge in [0.2, 0.25) is 0 Å². The molecule has 3 amide bonds. The Morgan fingerprint density at radius 2 is 0.882 bits per heavy atom. The number of rotatable bonds is 16. The molecule has 5 N–H and O–H groups in total. The Morgan fingerprint density at radius 1 is 0.449 bits per heavy atom. The van der Waals surface area contributed by atoms with Gasteiger partial charge in [-0.2, -0.15) is 4.90 Å². The average Bonchev–Trinajstić information content (AvgIpc) is 1.64. The average molecular weight is 2070 g/mol. The number of anilines is 4. The third-order valence-electron chi connectivity index (χ3n) is 21.2. The van der Waals surface area contributed by atoms with Gasteiger partial charge in [0, 0.05) is 49.8 Å². The number of benzene rings is 10. The fourth-order valence-electron chi connectivity index (χ4n) is 15.1. The molecule has 0 bridgehead atoms. The zero-order valence-corrected chi connectivity index (χ0v) is 88.8. The van der Waals surface area contributed by atoms with Crippen LogP contribution in [0.25, 0.3) is 37.8 Å². The van der Waals surface area contributed by atoms with Gasteiger partial charge in [0.05, 0.1) is 30.8 Å². The van der Waals surface area contributed by atoms with Crippen LogP contribution in [0.4, 0.5) is 41.9 Å². The molecule has 0 spiro atoms. The van der Waals surface area contributed by atoms with Crippen molar-refractivity contribution in [1.29, 1.82) is 0 Å². The van der Waals surface area contributed by atoms with E-state index >= 15 is 0 Å². The number of aryl methyl sites for hydroxylation is 4. The third-order valence-corrected chi connectivity index (χ3v) is 23.1. The monoisotopic (exact) mass is 2060 g/mol. The number of carbonyl (C=O) groups excluding carboxylic acids is 6. The summed E-state index contributed by atoms with van der Waals surface area (Å²) in [5.41, 5.74) is 37.0. The molecule has 11 aromatic rings. The first kappa shape index (κ1) is 110. The molecule has 5 aliphatic rings. The summed E-state index contributed by atoms with van der Waals surface area (Å²) in [6, 6.07) is 69.6. The second-order valence-electron chi connectivity index (χ2n) is 37.9. The van der Waals surface area contributed by atoms with Gasteiger partial charge in [-0.3, -0.25) is 19.5 Å². The van der Waals surface area contributed by atoms with E-state index in [1.165, 1.54) is 108 Å². The van der Waals surface area contributed by atoms with Crippen LogP contribution in [-0.2, 0) is 92.7 Å². The number of amides is 3. The summed E-state index contributed by atoms with van der Waals surface area (Å²) in [7, 11) is 0. The molecule has 5 aliphatic carbocycles. The van der Waals surface area contributed by atoms with Gasteiger partial charge in [0.1, 0.15) is 45.8 Å². The van der Waals surface area contributed by atoms with Crippen molar-refractivity contribution in [1.82, 2.24) is 4.57 Å². The summed E-state index contributed by atoms with van der Waals surface area (Å²) >= 11 is 4.44. The van der Waals surface area contributed by atoms with Gasteiger partial charge < -0.3 is 46.1 Å². The van der Waals surface area contributed by atoms with Crippen LogP contribution >= 0.6 is 45.2 Å². The van der Waals surface area contributed by atoms with E-state index in [0.717, 1.165) is 118 Å². The molecule has 707 valence electrons. The minimum absolute atomic E-state index is 0. The van der Waals surface area contributed by atoms with Gasteiger partial charge in [-0.15, -0.1) is 0 Å². The van der Waals surface area contributed by atoms with Gasteiger partial charge in [-0.25, -0.2) is 19.2 Å². The molecular formula is C114H130BI2N5NaO13. The molecule has 3 radical (unpaired) electrons. The zero-order chi connectivity index (χ0) is 97.4. The fourth-order valence-corrected chi connectivity index (χ4v) is 16.5. The Hall–Kier alpha value is -11.2. The number of carbonyl (C=O) groups is 6. The van der Waals surface area contributed by atoms with E-state index in [-0.39, 0.29) is 51.1 Å². The quantitative estimate of drug-likeness (QED) is 0.0204. The normalized spacial score (nSPS) is 12.6. The maximum Gasteiger partial charge on any atom is 1.00 e. The summed E-state index contributed by atoms with van der Waals surface area (Å²) in [6.45, 7) is 36.5. The number of fused-ring (bicyclic) bond motifs is 6. The van der Waals surface area contributed by atoms with Crippen LogP contribution in [0.5, 0.6) is 11.5 Å². The van der Waals surface area contributed by atoms with E-state index < -0.39 is 52.4 Å². The van der Waals surface area contributed by atoms with Crippen molar-refractivity contribution in [2.24, 2.45) is 0 Å². The number of nitrogens with two attached hydrogens (primary N) is 2. The smallest absolute Gasteiger partial charge is 1.00 e. The van der Waals surface area contributed by atoms with Crippen molar-refractivity contribution < 1.29 is 92.9 Å². The molecule has 0 atom stereocenters. The summed E-state index contributed by atoms with van der Waals surface area (Å²) in [5.74, 6) is 1.69. The van der Waals surface area contributed by atoms with Crippen molar-refractivity contribution in [3.8, 4) is 11.5 Å².